The summed E-state index contributed by atoms with van der Waals surface area (Å²) < 4.78 is 36.8. The number of nitrogens with zero attached hydrogens (tertiary/aromatic N) is 5. The van der Waals surface area contributed by atoms with Gasteiger partial charge in [-0.15, -0.1) is 5.10 Å². The summed E-state index contributed by atoms with van der Waals surface area (Å²) in [7, 11) is 0. The molecule has 3 aromatic rings. The minimum absolute atomic E-state index is 0.0160. The lowest BCUT2D eigenvalue weighted by Crippen LogP contribution is -2.37. The normalized spacial score (nSPS) is 13.9. The van der Waals surface area contributed by atoms with Crippen LogP contribution in [-0.4, -0.2) is 53.3 Å². The Hall–Kier alpha value is -3.40. The number of halogens is 2. The summed E-state index contributed by atoms with van der Waals surface area (Å²) >= 11 is 0. The zero-order chi connectivity index (χ0) is 20.9. The van der Waals surface area contributed by atoms with Gasteiger partial charge in [0.25, 0.3) is 0 Å². The zero-order valence-electron chi connectivity index (χ0n) is 16.3. The summed E-state index contributed by atoms with van der Waals surface area (Å²) in [6.07, 6.45) is 1.13. The highest BCUT2D eigenvalue weighted by Crippen LogP contribution is 2.27. The number of aryl methyl sites for hydroxylation is 1. The van der Waals surface area contributed by atoms with E-state index in [4.69, 9.17) is 9.47 Å². The lowest BCUT2D eigenvalue weighted by Gasteiger charge is -2.26. The number of anilines is 3. The fourth-order valence-corrected chi connectivity index (χ4v) is 3.08. The standard InChI is InChI=1S/C20H20F2N6O2/c1-13-16(14-2-4-15(5-3-14)30-12-21)10-18(27-26-13)24-19-17(22)11-23-20(25-19)28-6-8-29-9-7-28/h2-5,10-11H,6-9,12H2,1H3,(H,23,24,25,27). The maximum absolute atomic E-state index is 14.3. The highest BCUT2D eigenvalue weighted by molar-refractivity contribution is 5.70. The molecule has 0 radical (unpaired) electrons. The van der Waals surface area contributed by atoms with Crippen molar-refractivity contribution in [3.63, 3.8) is 0 Å². The number of alkyl halides is 1. The van der Waals surface area contributed by atoms with Crippen molar-refractivity contribution in [1.82, 2.24) is 20.2 Å². The fourth-order valence-electron chi connectivity index (χ4n) is 3.08. The van der Waals surface area contributed by atoms with Crippen LogP contribution in [0.4, 0.5) is 26.4 Å². The van der Waals surface area contributed by atoms with Gasteiger partial charge in [0.05, 0.1) is 25.1 Å². The summed E-state index contributed by atoms with van der Waals surface area (Å²) in [5.74, 6) is 0.611. The zero-order valence-corrected chi connectivity index (χ0v) is 16.3. The van der Waals surface area contributed by atoms with E-state index in [-0.39, 0.29) is 5.82 Å². The summed E-state index contributed by atoms with van der Waals surface area (Å²) in [6, 6.07) is 8.67. The van der Waals surface area contributed by atoms with E-state index in [0.717, 1.165) is 17.3 Å². The number of morpholine rings is 1. The van der Waals surface area contributed by atoms with Crippen LogP contribution in [0.25, 0.3) is 11.1 Å². The van der Waals surface area contributed by atoms with Crippen molar-refractivity contribution in [1.29, 1.82) is 0 Å². The van der Waals surface area contributed by atoms with E-state index < -0.39 is 12.7 Å². The molecule has 0 bridgehead atoms. The smallest absolute Gasteiger partial charge is 0.228 e. The van der Waals surface area contributed by atoms with Crippen LogP contribution in [0, 0.1) is 12.7 Å². The van der Waals surface area contributed by atoms with Crippen molar-refractivity contribution in [2.24, 2.45) is 0 Å². The Morgan fingerprint density at radius 2 is 1.93 bits per heavy atom. The second-order valence-electron chi connectivity index (χ2n) is 6.60. The molecule has 3 heterocycles. The van der Waals surface area contributed by atoms with Crippen LogP contribution in [0.5, 0.6) is 5.75 Å². The molecule has 0 spiro atoms. The quantitative estimate of drug-likeness (QED) is 0.658. The van der Waals surface area contributed by atoms with Crippen LogP contribution in [0.1, 0.15) is 5.69 Å². The number of benzene rings is 1. The van der Waals surface area contributed by atoms with E-state index in [0.29, 0.717) is 49.5 Å². The molecule has 1 fully saturated rings. The van der Waals surface area contributed by atoms with Gasteiger partial charge in [0.15, 0.2) is 17.5 Å². The van der Waals surface area contributed by atoms with Crippen molar-refractivity contribution < 1.29 is 18.3 Å². The van der Waals surface area contributed by atoms with E-state index in [1.54, 1.807) is 30.3 Å². The van der Waals surface area contributed by atoms with Crippen molar-refractivity contribution >= 4 is 17.6 Å². The van der Waals surface area contributed by atoms with Crippen molar-refractivity contribution in [3.8, 4) is 16.9 Å². The first-order chi connectivity index (χ1) is 14.6. The Morgan fingerprint density at radius 1 is 1.17 bits per heavy atom. The molecular weight excluding hydrogens is 394 g/mol. The maximum atomic E-state index is 14.3. The minimum atomic E-state index is -0.889. The first-order valence-electron chi connectivity index (χ1n) is 9.40. The van der Waals surface area contributed by atoms with Crippen LogP contribution in [0.3, 0.4) is 0 Å². The maximum Gasteiger partial charge on any atom is 0.228 e. The molecule has 10 heteroatoms. The van der Waals surface area contributed by atoms with E-state index in [9.17, 15) is 8.78 Å². The van der Waals surface area contributed by atoms with Crippen LogP contribution >= 0.6 is 0 Å². The number of rotatable bonds is 6. The Labute approximate surface area is 171 Å². The van der Waals surface area contributed by atoms with Gasteiger partial charge in [-0.25, -0.2) is 13.8 Å². The van der Waals surface area contributed by atoms with Crippen LogP contribution in [0.15, 0.2) is 36.5 Å². The number of ether oxygens (including phenoxy) is 2. The topological polar surface area (TPSA) is 85.3 Å². The van der Waals surface area contributed by atoms with Gasteiger partial charge in [-0.2, -0.15) is 10.1 Å². The largest absolute Gasteiger partial charge is 0.463 e. The lowest BCUT2D eigenvalue weighted by atomic mass is 10.1. The molecule has 156 valence electrons. The molecule has 0 saturated carbocycles. The summed E-state index contributed by atoms with van der Waals surface area (Å²) in [5, 5.41) is 11.1. The monoisotopic (exact) mass is 414 g/mol. The predicted octanol–water partition coefficient (Wildman–Crippen LogP) is 3.27. The Morgan fingerprint density at radius 3 is 2.67 bits per heavy atom. The molecule has 0 atom stereocenters. The third-order valence-corrected chi connectivity index (χ3v) is 4.64. The third kappa shape index (κ3) is 4.43. The van der Waals surface area contributed by atoms with E-state index in [2.05, 4.69) is 25.5 Å². The molecule has 1 N–H and O–H groups in total. The number of aromatic nitrogens is 4. The molecule has 1 saturated heterocycles. The predicted molar refractivity (Wildman–Crippen MR) is 107 cm³/mol. The lowest BCUT2D eigenvalue weighted by molar-refractivity contribution is 0.122. The van der Waals surface area contributed by atoms with Crippen LogP contribution in [-0.2, 0) is 4.74 Å². The van der Waals surface area contributed by atoms with Gasteiger partial charge >= 0.3 is 0 Å². The van der Waals surface area contributed by atoms with Gasteiger partial charge in [-0.1, -0.05) is 12.1 Å². The van der Waals surface area contributed by atoms with Crippen molar-refractivity contribution in [2.45, 2.75) is 6.92 Å². The molecule has 0 unspecified atom stereocenters. The molecular formula is C20H20F2N6O2. The SMILES string of the molecule is Cc1nnc(Nc2nc(N3CCOCC3)ncc2F)cc1-c1ccc(OCF)cc1. The first kappa shape index (κ1) is 19.9. The second kappa shape index (κ2) is 8.95. The summed E-state index contributed by atoms with van der Waals surface area (Å²) in [4.78, 5) is 10.3. The highest BCUT2D eigenvalue weighted by atomic mass is 19.1. The number of hydrogen-bond donors (Lipinski definition) is 1. The van der Waals surface area contributed by atoms with Gasteiger partial charge in [-0.05, 0) is 30.7 Å². The molecule has 8 nitrogen and oxygen atoms in total. The molecule has 0 amide bonds. The van der Waals surface area contributed by atoms with E-state index in [1.807, 2.05) is 11.8 Å². The average molecular weight is 414 g/mol. The Balaban J connectivity index is 1.58. The van der Waals surface area contributed by atoms with Crippen molar-refractivity contribution in [2.75, 3.05) is 43.4 Å². The second-order valence-corrected chi connectivity index (χ2v) is 6.60. The minimum Gasteiger partial charge on any atom is -0.463 e. The third-order valence-electron chi connectivity index (χ3n) is 4.64. The first-order valence-corrected chi connectivity index (χ1v) is 9.40. The van der Waals surface area contributed by atoms with Gasteiger partial charge in [-0.3, -0.25) is 0 Å². The molecule has 1 aliphatic heterocycles. The van der Waals surface area contributed by atoms with Gasteiger partial charge in [0.2, 0.25) is 12.8 Å². The van der Waals surface area contributed by atoms with E-state index >= 15 is 0 Å². The molecule has 30 heavy (non-hydrogen) atoms. The Kier molecular flexibility index (Phi) is 5.94. The summed E-state index contributed by atoms with van der Waals surface area (Å²) in [5.41, 5.74) is 2.33. The summed E-state index contributed by atoms with van der Waals surface area (Å²) in [6.45, 7) is 3.36. The molecule has 2 aromatic heterocycles. The van der Waals surface area contributed by atoms with Crippen LogP contribution in [0.2, 0.25) is 0 Å². The fraction of sp³-hybridized carbons (Fsp3) is 0.300. The van der Waals surface area contributed by atoms with Gasteiger partial charge in [0.1, 0.15) is 5.75 Å². The van der Waals surface area contributed by atoms with Crippen molar-refractivity contribution in [3.05, 3.63) is 48.0 Å². The van der Waals surface area contributed by atoms with Crippen LogP contribution < -0.4 is 15.0 Å². The number of nitrogens with one attached hydrogen (secondary N) is 1. The van der Waals surface area contributed by atoms with Gasteiger partial charge < -0.3 is 19.7 Å². The van der Waals surface area contributed by atoms with Gasteiger partial charge in [0, 0.05) is 18.7 Å². The molecule has 4 rings (SSSR count). The molecule has 0 aliphatic carbocycles. The van der Waals surface area contributed by atoms with E-state index in [1.165, 1.54) is 0 Å². The number of hydrogen-bond acceptors (Lipinski definition) is 8. The molecule has 1 aliphatic rings. The average Bonchev–Trinajstić information content (AvgIpc) is 2.78. The molecule has 1 aromatic carbocycles. The highest BCUT2D eigenvalue weighted by Gasteiger charge is 2.17. The Bertz CT molecular complexity index is 1010.